The highest BCUT2D eigenvalue weighted by Gasteiger charge is 2.68. The predicted octanol–water partition coefficient (Wildman–Crippen LogP) is 0.465. The number of rotatable bonds is 2. The molecule has 102 valence electrons. The van der Waals surface area contributed by atoms with E-state index in [0.717, 1.165) is 45.8 Å². The number of hydrogen-bond donors (Lipinski definition) is 2. The first-order chi connectivity index (χ1) is 9.24. The molecule has 2 heterocycles. The lowest BCUT2D eigenvalue weighted by Crippen LogP contribution is -2.36. The predicted molar refractivity (Wildman–Crippen MR) is 75.6 cm³/mol. The highest BCUT2D eigenvalue weighted by atomic mass is 16.5. The molecule has 19 heavy (non-hydrogen) atoms. The summed E-state index contributed by atoms with van der Waals surface area (Å²) >= 11 is 0. The second-order valence-corrected chi connectivity index (χ2v) is 6.16. The maximum Gasteiger partial charge on any atom is 0.0642 e. The van der Waals surface area contributed by atoms with E-state index in [1.165, 1.54) is 11.3 Å². The summed E-state index contributed by atoms with van der Waals surface area (Å²) in [4.78, 5) is 2.39. The normalized spacial score (nSPS) is 37.2. The third-order valence-electron chi connectivity index (χ3n) is 5.11. The van der Waals surface area contributed by atoms with Gasteiger partial charge in [0.05, 0.1) is 13.2 Å². The monoisotopic (exact) mass is 259 g/mol. The maximum absolute atomic E-state index is 6.41. The minimum absolute atomic E-state index is 0.00742. The molecule has 0 bridgehead atoms. The van der Waals surface area contributed by atoms with Gasteiger partial charge in [0.2, 0.25) is 0 Å². The summed E-state index contributed by atoms with van der Waals surface area (Å²) in [6.45, 7) is 5.64. The molecule has 0 radical (unpaired) electrons. The zero-order valence-electron chi connectivity index (χ0n) is 11.2. The average Bonchev–Trinajstić information content (AvgIpc) is 2.93. The maximum atomic E-state index is 6.41. The largest absolute Gasteiger partial charge is 0.378 e. The minimum atomic E-state index is 0.00742. The molecule has 0 spiro atoms. The van der Waals surface area contributed by atoms with Gasteiger partial charge in [0.15, 0.2) is 0 Å². The van der Waals surface area contributed by atoms with Crippen LogP contribution in [0.4, 0.5) is 5.69 Å². The Morgan fingerprint density at radius 3 is 2.42 bits per heavy atom. The Kier molecular flexibility index (Phi) is 2.43. The van der Waals surface area contributed by atoms with Gasteiger partial charge in [-0.3, -0.25) is 0 Å². The number of nitrogens with zero attached hydrogens (tertiary/aromatic N) is 1. The molecule has 3 N–H and O–H groups in total. The molecular formula is C15H21N3O. The lowest BCUT2D eigenvalue weighted by molar-refractivity contribution is 0.122. The smallest absolute Gasteiger partial charge is 0.0642 e. The minimum Gasteiger partial charge on any atom is -0.378 e. The Hall–Kier alpha value is -1.10. The molecule has 1 aromatic carbocycles. The molecule has 0 unspecified atom stereocenters. The van der Waals surface area contributed by atoms with Crippen LogP contribution in [-0.4, -0.2) is 44.9 Å². The molecule has 0 amide bonds. The fourth-order valence-electron chi connectivity index (χ4n) is 3.77. The van der Waals surface area contributed by atoms with E-state index in [1.807, 2.05) is 0 Å². The van der Waals surface area contributed by atoms with Crippen LogP contribution in [0.15, 0.2) is 24.3 Å². The van der Waals surface area contributed by atoms with Crippen LogP contribution in [0.3, 0.4) is 0 Å². The number of nitrogens with two attached hydrogens (primary N) is 1. The van der Waals surface area contributed by atoms with Crippen LogP contribution < -0.4 is 16.0 Å². The zero-order valence-corrected chi connectivity index (χ0v) is 11.2. The van der Waals surface area contributed by atoms with Crippen molar-refractivity contribution in [3.05, 3.63) is 29.8 Å². The van der Waals surface area contributed by atoms with Crippen LogP contribution in [0.2, 0.25) is 0 Å². The third-order valence-corrected chi connectivity index (χ3v) is 5.11. The third kappa shape index (κ3) is 1.64. The Balaban J connectivity index is 1.56. The van der Waals surface area contributed by atoms with Gasteiger partial charge in [-0.1, -0.05) is 12.1 Å². The molecule has 3 fully saturated rings. The van der Waals surface area contributed by atoms with Gasteiger partial charge in [-0.15, -0.1) is 0 Å². The molecule has 3 aliphatic rings. The van der Waals surface area contributed by atoms with Crippen molar-refractivity contribution >= 4 is 5.69 Å². The summed E-state index contributed by atoms with van der Waals surface area (Å²) in [5.74, 6) is 0. The van der Waals surface area contributed by atoms with E-state index >= 15 is 0 Å². The molecule has 2 saturated heterocycles. The number of morpholine rings is 1. The van der Waals surface area contributed by atoms with Crippen molar-refractivity contribution in [2.45, 2.75) is 17.4 Å². The van der Waals surface area contributed by atoms with E-state index < -0.39 is 0 Å². The quantitative estimate of drug-likeness (QED) is 0.810. The van der Waals surface area contributed by atoms with Gasteiger partial charge < -0.3 is 20.7 Å². The van der Waals surface area contributed by atoms with Crippen LogP contribution in [0.5, 0.6) is 0 Å². The van der Waals surface area contributed by atoms with Crippen LogP contribution in [-0.2, 0) is 10.2 Å². The first-order valence-corrected chi connectivity index (χ1v) is 7.16. The number of nitrogens with one attached hydrogen (secondary N) is 1. The van der Waals surface area contributed by atoms with Gasteiger partial charge in [-0.05, 0) is 24.1 Å². The Morgan fingerprint density at radius 2 is 1.84 bits per heavy atom. The van der Waals surface area contributed by atoms with Gasteiger partial charge >= 0.3 is 0 Å². The van der Waals surface area contributed by atoms with Gasteiger partial charge in [0, 0.05) is 42.8 Å². The lowest BCUT2D eigenvalue weighted by Gasteiger charge is -2.29. The Morgan fingerprint density at radius 1 is 1.11 bits per heavy atom. The summed E-state index contributed by atoms with van der Waals surface area (Å²) in [5, 5.41) is 3.43. The van der Waals surface area contributed by atoms with Crippen molar-refractivity contribution in [1.82, 2.24) is 5.32 Å². The molecule has 4 heteroatoms. The number of hydrogen-bond acceptors (Lipinski definition) is 4. The second kappa shape index (κ2) is 3.95. The fourth-order valence-corrected chi connectivity index (χ4v) is 3.77. The van der Waals surface area contributed by atoms with Crippen molar-refractivity contribution in [2.75, 3.05) is 44.3 Å². The molecule has 2 aliphatic heterocycles. The first kappa shape index (κ1) is 11.7. The molecule has 2 atom stereocenters. The van der Waals surface area contributed by atoms with Crippen molar-refractivity contribution < 1.29 is 4.74 Å². The van der Waals surface area contributed by atoms with Crippen LogP contribution in [0, 0.1) is 0 Å². The number of anilines is 1. The number of fused-ring (bicyclic) bond motifs is 1. The fraction of sp³-hybridized carbons (Fsp3) is 0.600. The van der Waals surface area contributed by atoms with E-state index in [9.17, 15) is 0 Å². The molecule has 1 aliphatic carbocycles. The number of benzene rings is 1. The summed E-state index contributed by atoms with van der Waals surface area (Å²) in [5.41, 5.74) is 9.33. The molecule has 1 aromatic rings. The van der Waals surface area contributed by atoms with Crippen LogP contribution in [0.25, 0.3) is 0 Å². The Labute approximate surface area is 113 Å². The molecule has 0 aromatic heterocycles. The lowest BCUT2D eigenvalue weighted by atomic mass is 9.93. The van der Waals surface area contributed by atoms with Crippen LogP contribution in [0.1, 0.15) is 12.0 Å². The van der Waals surface area contributed by atoms with E-state index in [-0.39, 0.29) is 11.0 Å². The van der Waals surface area contributed by atoms with Crippen LogP contribution >= 0.6 is 0 Å². The van der Waals surface area contributed by atoms with E-state index in [2.05, 4.69) is 34.5 Å². The zero-order chi connectivity index (χ0) is 12.9. The number of piperidine rings is 1. The summed E-state index contributed by atoms with van der Waals surface area (Å²) < 4.78 is 5.40. The molecule has 1 saturated carbocycles. The van der Waals surface area contributed by atoms with Crippen molar-refractivity contribution in [1.29, 1.82) is 0 Å². The first-order valence-electron chi connectivity index (χ1n) is 7.16. The molecule has 4 nitrogen and oxygen atoms in total. The highest BCUT2D eigenvalue weighted by molar-refractivity contribution is 5.53. The van der Waals surface area contributed by atoms with Crippen molar-refractivity contribution in [3.8, 4) is 0 Å². The van der Waals surface area contributed by atoms with E-state index in [0.29, 0.717) is 0 Å². The SMILES string of the molecule is N[C@]12CNC[C@@]1(c1ccc(N3CCOCC3)cc1)C2. The summed E-state index contributed by atoms with van der Waals surface area (Å²) in [7, 11) is 0. The molecular weight excluding hydrogens is 238 g/mol. The van der Waals surface area contributed by atoms with Crippen molar-refractivity contribution in [2.24, 2.45) is 5.73 Å². The standard InChI is InChI=1S/C15H21N3O/c16-15-9-14(15,10-17-11-15)12-1-3-13(4-2-12)18-5-7-19-8-6-18/h1-4,17H,5-11,16H2/t14-,15-/m1/s1. The summed E-state index contributed by atoms with van der Waals surface area (Å²) in [6.07, 6.45) is 1.13. The average molecular weight is 259 g/mol. The van der Waals surface area contributed by atoms with Gasteiger partial charge in [-0.25, -0.2) is 0 Å². The van der Waals surface area contributed by atoms with Gasteiger partial charge in [-0.2, -0.15) is 0 Å². The second-order valence-electron chi connectivity index (χ2n) is 6.16. The van der Waals surface area contributed by atoms with Gasteiger partial charge in [0.25, 0.3) is 0 Å². The number of ether oxygens (including phenoxy) is 1. The molecule has 4 rings (SSSR count). The van der Waals surface area contributed by atoms with Gasteiger partial charge in [0.1, 0.15) is 0 Å². The highest BCUT2D eigenvalue weighted by Crippen LogP contribution is 2.58. The van der Waals surface area contributed by atoms with E-state index in [4.69, 9.17) is 10.5 Å². The Bertz CT molecular complexity index is 479. The van der Waals surface area contributed by atoms with Crippen molar-refractivity contribution in [3.63, 3.8) is 0 Å². The summed E-state index contributed by atoms with van der Waals surface area (Å²) in [6, 6.07) is 9.03. The topological polar surface area (TPSA) is 50.5 Å². The van der Waals surface area contributed by atoms with E-state index in [1.54, 1.807) is 0 Å².